The minimum atomic E-state index is -0.115. The van der Waals surface area contributed by atoms with Gasteiger partial charge in [0.25, 0.3) is 0 Å². The van der Waals surface area contributed by atoms with E-state index in [-0.39, 0.29) is 24.0 Å². The minimum absolute atomic E-state index is 0.00724. The number of fused-ring (bicyclic) bond motifs is 3. The second-order valence-electron chi connectivity index (χ2n) is 8.47. The predicted molar refractivity (Wildman–Crippen MR) is 132 cm³/mol. The molecule has 1 amide bonds. The maximum Gasteiger partial charge on any atom is 0.242 e. The fourth-order valence-electron chi connectivity index (χ4n) is 4.68. The van der Waals surface area contributed by atoms with Gasteiger partial charge in [0.05, 0.1) is 29.8 Å². The van der Waals surface area contributed by atoms with Crippen LogP contribution in [0.25, 0.3) is 21.8 Å². The summed E-state index contributed by atoms with van der Waals surface area (Å²) in [6, 6.07) is 23.0. The van der Waals surface area contributed by atoms with Gasteiger partial charge in [-0.3, -0.25) is 9.59 Å². The van der Waals surface area contributed by atoms with Gasteiger partial charge in [0.15, 0.2) is 5.43 Å². The van der Waals surface area contributed by atoms with E-state index in [2.05, 4.69) is 17.9 Å². The SMILES string of the molecule is CCN1C[C@H](CN(C)C(=O)Cn2c3ccccc3c(=O)c3ccccc32)Oc2ccccc21. The number of carbonyl (C=O) groups excluding carboxylic acids is 1. The maximum absolute atomic E-state index is 13.3. The third-order valence-electron chi connectivity index (χ3n) is 6.38. The Kier molecular flexibility index (Phi) is 5.50. The number of amides is 1. The molecule has 0 aliphatic carbocycles. The number of carbonyl (C=O) groups is 1. The zero-order valence-electron chi connectivity index (χ0n) is 18.9. The van der Waals surface area contributed by atoms with Crippen LogP contribution in [0.5, 0.6) is 5.75 Å². The first-order valence-corrected chi connectivity index (χ1v) is 11.3. The zero-order valence-corrected chi connectivity index (χ0v) is 18.9. The molecule has 1 aliphatic rings. The summed E-state index contributed by atoms with van der Waals surface area (Å²) < 4.78 is 8.15. The smallest absolute Gasteiger partial charge is 0.242 e. The summed E-state index contributed by atoms with van der Waals surface area (Å²) in [5.74, 6) is 0.827. The highest BCUT2D eigenvalue weighted by molar-refractivity contribution is 5.94. The molecule has 33 heavy (non-hydrogen) atoms. The lowest BCUT2D eigenvalue weighted by Crippen LogP contribution is -2.47. The van der Waals surface area contributed by atoms with Crippen LogP contribution >= 0.6 is 0 Å². The fraction of sp³-hybridized carbons (Fsp3) is 0.259. The topological polar surface area (TPSA) is 54.8 Å². The molecule has 1 aromatic heterocycles. The lowest BCUT2D eigenvalue weighted by atomic mass is 10.1. The fourth-order valence-corrected chi connectivity index (χ4v) is 4.68. The highest BCUT2D eigenvalue weighted by Gasteiger charge is 2.27. The van der Waals surface area contributed by atoms with E-state index >= 15 is 0 Å². The molecule has 6 nitrogen and oxygen atoms in total. The summed E-state index contributed by atoms with van der Waals surface area (Å²) in [5, 5.41) is 1.25. The Bertz CT molecular complexity index is 1330. The maximum atomic E-state index is 13.3. The predicted octanol–water partition coefficient (Wildman–Crippen LogP) is 3.90. The van der Waals surface area contributed by atoms with Crippen LogP contribution in [-0.2, 0) is 11.3 Å². The number of nitrogens with zero attached hydrogens (tertiary/aromatic N) is 3. The summed E-state index contributed by atoms with van der Waals surface area (Å²) in [5.41, 5.74) is 2.62. The van der Waals surface area contributed by atoms with Crippen LogP contribution in [0.15, 0.2) is 77.6 Å². The van der Waals surface area contributed by atoms with Crippen LogP contribution in [0.4, 0.5) is 5.69 Å². The molecular weight excluding hydrogens is 414 g/mol. The first-order chi connectivity index (χ1) is 16.1. The molecule has 6 heteroatoms. The van der Waals surface area contributed by atoms with Crippen LogP contribution in [0, 0.1) is 0 Å². The number of hydrogen-bond donors (Lipinski definition) is 0. The number of benzene rings is 3. The molecule has 4 aromatic rings. The standard InChI is InChI=1S/C27H27N3O3/c1-3-29-17-19(33-25-15-9-8-14-24(25)29)16-28(2)26(31)18-30-22-12-6-4-10-20(22)27(32)21-11-5-7-13-23(21)30/h4-15,19H,3,16-18H2,1-2H3/t19-/m0/s1. The quantitative estimate of drug-likeness (QED) is 0.441. The zero-order chi connectivity index (χ0) is 22.9. The Balaban J connectivity index is 1.41. The molecular formula is C27H27N3O3. The average Bonchev–Trinajstić information content (AvgIpc) is 2.85. The monoisotopic (exact) mass is 441 g/mol. The number of ether oxygens (including phenoxy) is 1. The van der Waals surface area contributed by atoms with Gasteiger partial charge in [-0.1, -0.05) is 36.4 Å². The third kappa shape index (κ3) is 3.82. The largest absolute Gasteiger partial charge is 0.485 e. The lowest BCUT2D eigenvalue weighted by Gasteiger charge is -2.37. The molecule has 168 valence electrons. The minimum Gasteiger partial charge on any atom is -0.485 e. The van der Waals surface area contributed by atoms with E-state index in [9.17, 15) is 9.59 Å². The van der Waals surface area contributed by atoms with Gasteiger partial charge >= 0.3 is 0 Å². The molecule has 0 bridgehead atoms. The number of pyridine rings is 1. The van der Waals surface area contributed by atoms with Gasteiger partial charge in [-0.25, -0.2) is 0 Å². The number of hydrogen-bond acceptors (Lipinski definition) is 4. The number of likely N-dealkylation sites (N-methyl/N-ethyl adjacent to an activating group) is 2. The summed E-state index contributed by atoms with van der Waals surface area (Å²) in [6.07, 6.45) is -0.115. The van der Waals surface area contributed by atoms with Crippen molar-refractivity contribution >= 4 is 33.4 Å². The van der Waals surface area contributed by atoms with Crippen molar-refractivity contribution in [2.75, 3.05) is 31.6 Å². The van der Waals surface area contributed by atoms with E-state index in [1.807, 2.05) is 78.3 Å². The number of rotatable bonds is 5. The highest BCUT2D eigenvalue weighted by atomic mass is 16.5. The van der Waals surface area contributed by atoms with Crippen molar-refractivity contribution in [3.05, 3.63) is 83.0 Å². The Morgan fingerprint density at radius 3 is 2.24 bits per heavy atom. The molecule has 0 unspecified atom stereocenters. The van der Waals surface area contributed by atoms with Gasteiger partial charge in [0, 0.05) is 24.4 Å². The first-order valence-electron chi connectivity index (χ1n) is 11.3. The molecule has 0 N–H and O–H groups in total. The van der Waals surface area contributed by atoms with E-state index in [1.54, 1.807) is 4.90 Å². The Hall–Kier alpha value is -3.80. The van der Waals surface area contributed by atoms with E-state index in [0.717, 1.165) is 35.6 Å². The van der Waals surface area contributed by atoms with Gasteiger partial charge in [0.1, 0.15) is 18.4 Å². The molecule has 0 radical (unpaired) electrons. The third-order valence-corrected chi connectivity index (χ3v) is 6.38. The van der Waals surface area contributed by atoms with Crippen molar-refractivity contribution in [3.63, 3.8) is 0 Å². The Morgan fingerprint density at radius 2 is 1.58 bits per heavy atom. The highest BCUT2D eigenvalue weighted by Crippen LogP contribution is 2.33. The van der Waals surface area contributed by atoms with E-state index in [4.69, 9.17) is 4.74 Å². The molecule has 0 saturated heterocycles. The van der Waals surface area contributed by atoms with Gasteiger partial charge < -0.3 is 19.1 Å². The van der Waals surface area contributed by atoms with Crippen LogP contribution in [0.3, 0.4) is 0 Å². The molecule has 5 rings (SSSR count). The average molecular weight is 442 g/mol. The molecule has 2 heterocycles. The normalized spacial score (nSPS) is 15.3. The van der Waals surface area contributed by atoms with Crippen LogP contribution < -0.4 is 15.1 Å². The van der Waals surface area contributed by atoms with Crippen molar-refractivity contribution in [2.24, 2.45) is 0 Å². The molecule has 0 fully saturated rings. The molecule has 0 spiro atoms. The van der Waals surface area contributed by atoms with E-state index < -0.39 is 0 Å². The Labute approximate surface area is 192 Å². The number of para-hydroxylation sites is 4. The van der Waals surface area contributed by atoms with Crippen molar-refractivity contribution in [1.82, 2.24) is 9.47 Å². The van der Waals surface area contributed by atoms with Crippen LogP contribution in [0.1, 0.15) is 6.92 Å². The molecule has 0 saturated carbocycles. The number of anilines is 1. The summed E-state index contributed by atoms with van der Waals surface area (Å²) in [6.45, 7) is 4.37. The van der Waals surface area contributed by atoms with Gasteiger partial charge in [-0.15, -0.1) is 0 Å². The molecule has 1 aliphatic heterocycles. The molecule has 1 atom stereocenters. The second-order valence-corrected chi connectivity index (χ2v) is 8.47. The van der Waals surface area contributed by atoms with Gasteiger partial charge in [-0.05, 0) is 43.3 Å². The summed E-state index contributed by atoms with van der Waals surface area (Å²) >= 11 is 0. The summed E-state index contributed by atoms with van der Waals surface area (Å²) in [7, 11) is 1.81. The lowest BCUT2D eigenvalue weighted by molar-refractivity contribution is -0.131. The molecule has 3 aromatic carbocycles. The summed E-state index contributed by atoms with van der Waals surface area (Å²) in [4.78, 5) is 30.3. The number of aromatic nitrogens is 1. The van der Waals surface area contributed by atoms with Crippen molar-refractivity contribution < 1.29 is 9.53 Å². The van der Waals surface area contributed by atoms with Crippen molar-refractivity contribution in [3.8, 4) is 5.75 Å². The Morgan fingerprint density at radius 1 is 0.970 bits per heavy atom. The van der Waals surface area contributed by atoms with Crippen molar-refractivity contribution in [1.29, 1.82) is 0 Å². The van der Waals surface area contributed by atoms with Crippen molar-refractivity contribution in [2.45, 2.75) is 19.6 Å². The van der Waals surface area contributed by atoms with Crippen LogP contribution in [-0.4, -0.2) is 48.2 Å². The van der Waals surface area contributed by atoms with E-state index in [0.29, 0.717) is 17.3 Å². The van der Waals surface area contributed by atoms with Crippen LogP contribution in [0.2, 0.25) is 0 Å². The van der Waals surface area contributed by atoms with Gasteiger partial charge in [0.2, 0.25) is 5.91 Å². The van der Waals surface area contributed by atoms with E-state index in [1.165, 1.54) is 0 Å². The van der Waals surface area contributed by atoms with Gasteiger partial charge in [-0.2, -0.15) is 0 Å². The second kappa shape index (κ2) is 8.62. The first kappa shape index (κ1) is 21.1.